The molecule has 0 unspecified atom stereocenters. The number of aromatic carboxylic acids is 1. The zero-order valence-corrected chi connectivity index (χ0v) is 8.50. The van der Waals surface area contributed by atoms with E-state index in [4.69, 9.17) is 9.52 Å². The van der Waals surface area contributed by atoms with Gasteiger partial charge in [-0.1, -0.05) is 0 Å². The highest BCUT2D eigenvalue weighted by Crippen LogP contribution is 2.34. The van der Waals surface area contributed by atoms with Crippen molar-refractivity contribution >= 4 is 35.7 Å². The van der Waals surface area contributed by atoms with E-state index >= 15 is 0 Å². The quantitative estimate of drug-likeness (QED) is 0.601. The third-order valence-electron chi connectivity index (χ3n) is 2.04. The van der Waals surface area contributed by atoms with Gasteiger partial charge in [0.25, 0.3) is 0 Å². The molecule has 0 amide bonds. The van der Waals surface area contributed by atoms with Gasteiger partial charge in [0.2, 0.25) is 0 Å². The molecule has 2 bridgehead atoms. The molecule has 6 heteroatoms. The second-order valence-corrected chi connectivity index (χ2v) is 3.35. The van der Waals surface area contributed by atoms with Gasteiger partial charge in [-0.15, -0.1) is 12.6 Å². The van der Waals surface area contributed by atoms with Gasteiger partial charge in [-0.2, -0.15) is 0 Å². The largest absolute Gasteiger partial charge is 0.478 e. The van der Waals surface area contributed by atoms with Gasteiger partial charge in [0.15, 0.2) is 5.58 Å². The van der Waals surface area contributed by atoms with Crippen LogP contribution in [-0.4, -0.2) is 24.2 Å². The number of furan rings is 2. The Morgan fingerprint density at radius 1 is 1.47 bits per heavy atom. The van der Waals surface area contributed by atoms with Gasteiger partial charge in [-0.25, -0.2) is 9.59 Å². The van der Waals surface area contributed by atoms with Gasteiger partial charge >= 0.3 is 11.9 Å². The number of hydrogen-bond donors (Lipinski definition) is 2. The summed E-state index contributed by atoms with van der Waals surface area (Å²) in [6.07, 6.45) is 0. The fraction of sp³-hybridized carbons (Fsp3) is 0.111. The molecular formula is C9H6O5S. The first-order chi connectivity index (χ1) is 7.06. The number of hydrogen-bond acceptors (Lipinski definition) is 5. The zero-order valence-electron chi connectivity index (χ0n) is 7.60. The lowest BCUT2D eigenvalue weighted by Crippen LogP contribution is -2.08. The summed E-state index contributed by atoms with van der Waals surface area (Å²) in [5.41, 5.74) is 0.0302. The van der Waals surface area contributed by atoms with Crippen molar-refractivity contribution < 1.29 is 23.8 Å². The van der Waals surface area contributed by atoms with E-state index in [1.54, 1.807) is 0 Å². The van der Waals surface area contributed by atoms with Crippen LogP contribution in [0.15, 0.2) is 15.4 Å². The number of carbonyl (C=O) groups is 2. The van der Waals surface area contributed by atoms with E-state index in [9.17, 15) is 9.59 Å². The molecule has 0 aliphatic heterocycles. The first-order valence-corrected chi connectivity index (χ1v) is 4.40. The number of carboxylic acids is 1. The van der Waals surface area contributed by atoms with Crippen LogP contribution < -0.4 is 0 Å². The number of esters is 1. The third kappa shape index (κ3) is 1.25. The van der Waals surface area contributed by atoms with E-state index in [2.05, 4.69) is 17.4 Å². The van der Waals surface area contributed by atoms with E-state index < -0.39 is 11.9 Å². The Kier molecular flexibility index (Phi) is 2.08. The Morgan fingerprint density at radius 2 is 2.13 bits per heavy atom. The zero-order chi connectivity index (χ0) is 11.2. The molecule has 0 aromatic carbocycles. The molecule has 2 rings (SSSR count). The number of benzene rings is 1. The van der Waals surface area contributed by atoms with Crippen molar-refractivity contribution in [3.63, 3.8) is 0 Å². The molecule has 15 heavy (non-hydrogen) atoms. The Morgan fingerprint density at radius 3 is 2.67 bits per heavy atom. The summed E-state index contributed by atoms with van der Waals surface area (Å²) in [5, 5.41) is 8.90. The van der Waals surface area contributed by atoms with Crippen LogP contribution in [-0.2, 0) is 4.74 Å². The van der Waals surface area contributed by atoms with Crippen molar-refractivity contribution in [3.8, 4) is 0 Å². The highest BCUT2D eigenvalue weighted by atomic mass is 32.1. The van der Waals surface area contributed by atoms with E-state index in [0.717, 1.165) is 0 Å². The lowest BCUT2D eigenvalue weighted by molar-refractivity contribution is 0.0586. The van der Waals surface area contributed by atoms with Crippen LogP contribution in [0.1, 0.15) is 20.7 Å². The second-order valence-electron chi connectivity index (χ2n) is 2.87. The standard InChI is InChI=1S/C9H6O5S/c1-13-9(12)6-5(8(10)11)3-2-4(15)7(6)14-3/h2,15H,1H3,(H,10,11). The summed E-state index contributed by atoms with van der Waals surface area (Å²) in [4.78, 5) is 22.7. The van der Waals surface area contributed by atoms with Crippen molar-refractivity contribution in [1.29, 1.82) is 0 Å². The lowest BCUT2D eigenvalue weighted by Gasteiger charge is -1.99. The van der Waals surface area contributed by atoms with E-state index in [1.165, 1.54) is 13.2 Å². The summed E-state index contributed by atoms with van der Waals surface area (Å²) in [5.74, 6) is -1.96. The second kappa shape index (κ2) is 3.16. The monoisotopic (exact) mass is 226 g/mol. The highest BCUT2D eigenvalue weighted by molar-refractivity contribution is 7.80. The SMILES string of the molecule is COC(=O)c1c(C(=O)O)c2cc(S)c1o2. The summed E-state index contributed by atoms with van der Waals surface area (Å²) in [7, 11) is 1.17. The maximum absolute atomic E-state index is 11.3. The van der Waals surface area contributed by atoms with Crippen LogP contribution in [0.25, 0.3) is 11.2 Å². The van der Waals surface area contributed by atoms with Crippen molar-refractivity contribution in [2.75, 3.05) is 7.11 Å². The van der Waals surface area contributed by atoms with Crippen LogP contribution in [0.4, 0.5) is 0 Å². The first kappa shape index (κ1) is 9.85. The normalized spacial score (nSPS) is 10.8. The third-order valence-corrected chi connectivity index (χ3v) is 2.37. The Labute approximate surface area is 89.4 Å². The summed E-state index contributed by atoms with van der Waals surface area (Å²) >= 11 is 4.04. The fourth-order valence-electron chi connectivity index (χ4n) is 1.43. The van der Waals surface area contributed by atoms with Crippen molar-refractivity contribution in [2.24, 2.45) is 0 Å². The van der Waals surface area contributed by atoms with Crippen LogP contribution in [0.5, 0.6) is 0 Å². The molecule has 0 spiro atoms. The van der Waals surface area contributed by atoms with E-state index in [0.29, 0.717) is 4.90 Å². The molecule has 78 valence electrons. The number of carbonyl (C=O) groups excluding carboxylic acids is 1. The Balaban J connectivity index is 2.75. The van der Waals surface area contributed by atoms with Gasteiger partial charge in [0, 0.05) is 0 Å². The fourth-order valence-corrected chi connectivity index (χ4v) is 1.70. The van der Waals surface area contributed by atoms with Crippen molar-refractivity contribution in [2.45, 2.75) is 4.90 Å². The maximum Gasteiger partial charge on any atom is 0.342 e. The van der Waals surface area contributed by atoms with Crippen LogP contribution >= 0.6 is 12.6 Å². The topological polar surface area (TPSA) is 76.7 Å². The van der Waals surface area contributed by atoms with E-state index in [-0.39, 0.29) is 22.3 Å². The molecule has 5 nitrogen and oxygen atoms in total. The molecule has 2 aromatic rings. The van der Waals surface area contributed by atoms with Crippen LogP contribution in [0.3, 0.4) is 0 Å². The Bertz CT molecular complexity index is 541. The maximum atomic E-state index is 11.3. The first-order valence-electron chi connectivity index (χ1n) is 3.95. The molecule has 1 N–H and O–H groups in total. The van der Waals surface area contributed by atoms with E-state index in [1.807, 2.05) is 0 Å². The molecule has 0 saturated heterocycles. The lowest BCUT2D eigenvalue weighted by atomic mass is 10.1. The smallest absolute Gasteiger partial charge is 0.342 e. The number of ether oxygens (including phenoxy) is 1. The minimum Gasteiger partial charge on any atom is -0.478 e. The van der Waals surface area contributed by atoms with Gasteiger partial charge in [0.05, 0.1) is 12.0 Å². The van der Waals surface area contributed by atoms with Crippen LogP contribution in [0.2, 0.25) is 0 Å². The minimum absolute atomic E-state index is 0.0764. The molecule has 0 fully saturated rings. The molecule has 0 atom stereocenters. The van der Waals surface area contributed by atoms with Gasteiger partial charge in [0.1, 0.15) is 16.7 Å². The summed E-state index contributed by atoms with van der Waals surface area (Å²) in [6.45, 7) is 0. The number of carboxylic acid groups (broad SMARTS) is 1. The van der Waals surface area contributed by atoms with Crippen molar-refractivity contribution in [1.82, 2.24) is 0 Å². The Hall–Kier alpha value is -1.69. The molecule has 0 aliphatic rings. The van der Waals surface area contributed by atoms with Crippen LogP contribution in [0, 0.1) is 0 Å². The average Bonchev–Trinajstić information content (AvgIpc) is 2.71. The number of methoxy groups -OCH3 is 1. The van der Waals surface area contributed by atoms with Gasteiger partial charge < -0.3 is 14.3 Å². The molecule has 2 aromatic heterocycles. The van der Waals surface area contributed by atoms with Gasteiger partial charge in [-0.3, -0.25) is 0 Å². The minimum atomic E-state index is -1.22. The highest BCUT2D eigenvalue weighted by Gasteiger charge is 2.29. The molecule has 0 saturated carbocycles. The predicted octanol–water partition coefficient (Wildman–Crippen LogP) is 1.64. The van der Waals surface area contributed by atoms with Gasteiger partial charge in [-0.05, 0) is 6.07 Å². The number of fused-ring (bicyclic) bond motifs is 2. The average molecular weight is 226 g/mol. The predicted molar refractivity (Wildman–Crippen MR) is 53.0 cm³/mol. The molecule has 0 aliphatic carbocycles. The molecular weight excluding hydrogens is 220 g/mol. The summed E-state index contributed by atoms with van der Waals surface area (Å²) in [6, 6.07) is 1.45. The molecule has 0 radical (unpaired) electrons. The number of rotatable bonds is 2. The summed E-state index contributed by atoms with van der Waals surface area (Å²) < 4.78 is 9.58. The number of thiol groups is 1. The van der Waals surface area contributed by atoms with Crippen molar-refractivity contribution in [3.05, 3.63) is 17.2 Å². The molecule has 2 heterocycles.